The zero-order valence-electron chi connectivity index (χ0n) is 15.6. The Morgan fingerprint density at radius 2 is 2.12 bits per heavy atom. The van der Waals surface area contributed by atoms with Crippen molar-refractivity contribution in [3.05, 3.63) is 51.7 Å². The lowest BCUT2D eigenvalue weighted by atomic mass is 10.1. The summed E-state index contributed by atoms with van der Waals surface area (Å²) in [7, 11) is 6.68. The number of nitrogens with one attached hydrogen (secondary N) is 1. The molecule has 7 heteroatoms. The second-order valence-corrected chi connectivity index (χ2v) is 6.71. The van der Waals surface area contributed by atoms with Gasteiger partial charge in [-0.15, -0.1) is 11.3 Å². The molecule has 0 amide bonds. The first-order valence-corrected chi connectivity index (χ1v) is 9.16. The first-order chi connectivity index (χ1) is 12.6. The summed E-state index contributed by atoms with van der Waals surface area (Å²) in [4.78, 5) is 19.5. The van der Waals surface area contributed by atoms with Gasteiger partial charge in [-0.25, -0.2) is 4.79 Å². The Morgan fingerprint density at radius 1 is 1.31 bits per heavy atom. The molecule has 1 heterocycles. The van der Waals surface area contributed by atoms with Crippen molar-refractivity contribution in [2.75, 3.05) is 34.9 Å². The monoisotopic (exact) mass is 375 g/mol. The lowest BCUT2D eigenvalue weighted by Gasteiger charge is -2.22. The molecule has 6 nitrogen and oxygen atoms in total. The van der Waals surface area contributed by atoms with Crippen molar-refractivity contribution in [2.24, 2.45) is 4.99 Å². The van der Waals surface area contributed by atoms with Crippen LogP contribution in [0.1, 0.15) is 20.8 Å². The fourth-order valence-corrected chi connectivity index (χ4v) is 3.23. The highest BCUT2D eigenvalue weighted by Gasteiger charge is 2.13. The van der Waals surface area contributed by atoms with E-state index in [0.29, 0.717) is 17.9 Å². The molecule has 0 spiro atoms. The Labute approximate surface area is 158 Å². The van der Waals surface area contributed by atoms with Crippen LogP contribution in [0.4, 0.5) is 0 Å². The normalized spacial score (nSPS) is 11.2. The van der Waals surface area contributed by atoms with Crippen LogP contribution >= 0.6 is 11.3 Å². The molecule has 0 unspecified atom stereocenters. The number of ether oxygens (including phenoxy) is 2. The molecular weight excluding hydrogens is 350 g/mol. The van der Waals surface area contributed by atoms with Gasteiger partial charge in [-0.05, 0) is 35.6 Å². The Bertz CT molecular complexity index is 744. The average Bonchev–Trinajstić information content (AvgIpc) is 3.19. The molecule has 1 aromatic carbocycles. The third-order valence-electron chi connectivity index (χ3n) is 3.97. The highest BCUT2D eigenvalue weighted by Crippen LogP contribution is 2.21. The Morgan fingerprint density at radius 3 is 2.73 bits per heavy atom. The van der Waals surface area contributed by atoms with E-state index in [1.165, 1.54) is 19.1 Å². The molecule has 0 aliphatic rings. The number of hydrogen-bond acceptors (Lipinski definition) is 5. The summed E-state index contributed by atoms with van der Waals surface area (Å²) in [5.41, 5.74) is 1.40. The van der Waals surface area contributed by atoms with Crippen molar-refractivity contribution in [3.8, 4) is 5.75 Å². The van der Waals surface area contributed by atoms with Crippen LogP contribution in [0.5, 0.6) is 5.75 Å². The van der Waals surface area contributed by atoms with Crippen LogP contribution in [0.2, 0.25) is 0 Å². The maximum Gasteiger partial charge on any atom is 0.341 e. The van der Waals surface area contributed by atoms with E-state index in [-0.39, 0.29) is 0 Å². The van der Waals surface area contributed by atoms with Crippen LogP contribution < -0.4 is 10.1 Å². The number of hydrogen-bond donors (Lipinski definition) is 1. The van der Waals surface area contributed by atoms with E-state index in [4.69, 9.17) is 9.47 Å². The molecule has 2 aromatic rings. The number of esters is 1. The minimum atomic E-state index is -0.412. The SMILES string of the molecule is CN=C(NCc1ccc(C(=O)OC)c(OC)c1)N(C)CCc1cccs1. The zero-order chi connectivity index (χ0) is 18.9. The molecule has 0 aliphatic heterocycles. The number of methoxy groups -OCH3 is 2. The molecule has 0 radical (unpaired) electrons. The smallest absolute Gasteiger partial charge is 0.341 e. The quantitative estimate of drug-likeness (QED) is 0.458. The highest BCUT2D eigenvalue weighted by atomic mass is 32.1. The maximum absolute atomic E-state index is 11.7. The van der Waals surface area contributed by atoms with Crippen molar-refractivity contribution < 1.29 is 14.3 Å². The fourth-order valence-electron chi connectivity index (χ4n) is 2.53. The number of thiophene rings is 1. The van der Waals surface area contributed by atoms with Crippen molar-refractivity contribution in [3.63, 3.8) is 0 Å². The summed E-state index contributed by atoms with van der Waals surface area (Å²) in [6, 6.07) is 9.63. The fraction of sp³-hybridized carbons (Fsp3) is 0.368. The number of rotatable bonds is 7. The summed E-state index contributed by atoms with van der Waals surface area (Å²) >= 11 is 1.77. The van der Waals surface area contributed by atoms with Gasteiger partial charge in [0, 0.05) is 32.1 Å². The molecule has 0 saturated heterocycles. The second kappa shape index (κ2) is 9.82. The minimum absolute atomic E-state index is 0.412. The molecule has 0 atom stereocenters. The van der Waals surface area contributed by atoms with Crippen molar-refractivity contribution >= 4 is 23.3 Å². The Balaban J connectivity index is 1.96. The molecule has 0 bridgehead atoms. The highest BCUT2D eigenvalue weighted by molar-refractivity contribution is 7.09. The maximum atomic E-state index is 11.7. The van der Waals surface area contributed by atoms with Gasteiger partial charge in [-0.2, -0.15) is 0 Å². The van der Waals surface area contributed by atoms with Gasteiger partial charge in [0.15, 0.2) is 5.96 Å². The first kappa shape index (κ1) is 19.8. The van der Waals surface area contributed by atoms with Gasteiger partial charge in [0.25, 0.3) is 0 Å². The number of carbonyl (C=O) groups is 1. The second-order valence-electron chi connectivity index (χ2n) is 5.68. The predicted octanol–water partition coefficient (Wildman–Crippen LogP) is 2.79. The number of carbonyl (C=O) groups excluding carboxylic acids is 1. The van der Waals surface area contributed by atoms with E-state index >= 15 is 0 Å². The number of likely N-dealkylation sites (N-methyl/N-ethyl adjacent to an activating group) is 1. The van der Waals surface area contributed by atoms with Crippen LogP contribution in [0, 0.1) is 0 Å². The van der Waals surface area contributed by atoms with Crippen molar-refractivity contribution in [1.29, 1.82) is 0 Å². The molecular formula is C19H25N3O3S. The lowest BCUT2D eigenvalue weighted by molar-refractivity contribution is 0.0597. The minimum Gasteiger partial charge on any atom is -0.496 e. The molecule has 2 rings (SSSR count). The van der Waals surface area contributed by atoms with Crippen LogP contribution in [-0.4, -0.2) is 51.7 Å². The third kappa shape index (κ3) is 5.23. The number of aliphatic imine (C=N–C) groups is 1. The molecule has 1 N–H and O–H groups in total. The van der Waals surface area contributed by atoms with E-state index < -0.39 is 5.97 Å². The van der Waals surface area contributed by atoms with E-state index in [9.17, 15) is 4.79 Å². The molecule has 0 fully saturated rings. The number of guanidine groups is 1. The van der Waals surface area contributed by atoms with E-state index in [1.807, 2.05) is 19.2 Å². The summed E-state index contributed by atoms with van der Waals surface area (Å²) in [6.45, 7) is 1.46. The van der Waals surface area contributed by atoms with Gasteiger partial charge in [-0.3, -0.25) is 4.99 Å². The zero-order valence-corrected chi connectivity index (χ0v) is 16.4. The van der Waals surface area contributed by atoms with Crippen molar-refractivity contribution in [1.82, 2.24) is 10.2 Å². The van der Waals surface area contributed by atoms with Crippen LogP contribution in [0.25, 0.3) is 0 Å². The summed E-state index contributed by atoms with van der Waals surface area (Å²) < 4.78 is 10.1. The molecule has 1 aromatic heterocycles. The van der Waals surface area contributed by atoms with Gasteiger partial charge in [-0.1, -0.05) is 12.1 Å². The summed E-state index contributed by atoms with van der Waals surface area (Å²) in [5, 5.41) is 5.43. The van der Waals surface area contributed by atoms with Crippen LogP contribution in [0.15, 0.2) is 40.7 Å². The van der Waals surface area contributed by atoms with Crippen LogP contribution in [0.3, 0.4) is 0 Å². The standard InChI is InChI=1S/C19H25N3O3S/c1-20-19(22(2)10-9-15-6-5-11-26-15)21-13-14-7-8-16(18(23)25-4)17(12-14)24-3/h5-8,11-12H,9-10,13H2,1-4H3,(H,20,21). The van der Waals surface area contributed by atoms with Gasteiger partial charge >= 0.3 is 5.97 Å². The summed E-state index contributed by atoms with van der Waals surface area (Å²) in [5.74, 6) is 0.903. The molecule has 0 aliphatic carbocycles. The van der Waals surface area contributed by atoms with Crippen LogP contribution in [-0.2, 0) is 17.7 Å². The topological polar surface area (TPSA) is 63.2 Å². The van der Waals surface area contributed by atoms with E-state index in [2.05, 4.69) is 32.7 Å². The van der Waals surface area contributed by atoms with Gasteiger partial charge in [0.05, 0.1) is 14.2 Å². The first-order valence-electron chi connectivity index (χ1n) is 8.28. The summed E-state index contributed by atoms with van der Waals surface area (Å²) in [6.07, 6.45) is 0.983. The van der Waals surface area contributed by atoms with E-state index in [1.54, 1.807) is 24.5 Å². The van der Waals surface area contributed by atoms with Crippen molar-refractivity contribution in [2.45, 2.75) is 13.0 Å². The largest absolute Gasteiger partial charge is 0.496 e. The van der Waals surface area contributed by atoms with Gasteiger partial charge in [0.2, 0.25) is 0 Å². The van der Waals surface area contributed by atoms with Gasteiger partial charge < -0.3 is 19.7 Å². The van der Waals surface area contributed by atoms with E-state index in [0.717, 1.165) is 24.5 Å². The Hall–Kier alpha value is -2.54. The number of nitrogens with zero attached hydrogens (tertiary/aromatic N) is 2. The van der Waals surface area contributed by atoms with Gasteiger partial charge in [0.1, 0.15) is 11.3 Å². The number of benzene rings is 1. The molecule has 26 heavy (non-hydrogen) atoms. The third-order valence-corrected chi connectivity index (χ3v) is 4.91. The molecule has 0 saturated carbocycles. The average molecular weight is 375 g/mol. The Kier molecular flexibility index (Phi) is 7.47. The lowest BCUT2D eigenvalue weighted by Crippen LogP contribution is -2.39. The molecule has 140 valence electrons. The predicted molar refractivity (Wildman–Crippen MR) is 105 cm³/mol.